The monoisotopic (exact) mass is 277 g/mol. The minimum Gasteiger partial charge on any atom is -0.480 e. The molecule has 1 aromatic carbocycles. The van der Waals surface area contributed by atoms with Gasteiger partial charge in [-0.25, -0.2) is 0 Å². The van der Waals surface area contributed by atoms with E-state index in [-0.39, 0.29) is 18.1 Å². The van der Waals surface area contributed by atoms with E-state index in [2.05, 4.69) is 58.9 Å². The normalized spacial score (nSPS) is 13.5. The molecule has 20 heavy (non-hydrogen) atoms. The highest BCUT2D eigenvalue weighted by atomic mass is 16.4. The molecule has 0 aliphatic carbocycles. The van der Waals surface area contributed by atoms with E-state index in [0.29, 0.717) is 0 Å². The molecule has 1 aromatic rings. The van der Waals surface area contributed by atoms with Crippen molar-refractivity contribution in [2.75, 3.05) is 6.54 Å². The van der Waals surface area contributed by atoms with Gasteiger partial charge < -0.3 is 5.11 Å². The van der Waals surface area contributed by atoms with Crippen LogP contribution in [0.1, 0.15) is 58.2 Å². The highest BCUT2D eigenvalue weighted by Gasteiger charge is 2.28. The minimum absolute atomic E-state index is 0.0569. The molecule has 0 saturated heterocycles. The molecule has 0 spiro atoms. The molecule has 0 aromatic heterocycles. The lowest BCUT2D eigenvalue weighted by Gasteiger charge is -2.39. The highest BCUT2D eigenvalue weighted by Crippen LogP contribution is 2.27. The summed E-state index contributed by atoms with van der Waals surface area (Å²) in [6.07, 6.45) is 2.23. The number of hydrogen-bond acceptors (Lipinski definition) is 2. The standard InChI is InChI=1S/C17H27NO2/c1-6-7-14-8-10-15(11-9-14)13(2)18(12-16(19)20)17(3,4)5/h8-11,13H,6-7,12H2,1-5H3,(H,19,20). The smallest absolute Gasteiger partial charge is 0.317 e. The van der Waals surface area contributed by atoms with Gasteiger partial charge in [-0.1, -0.05) is 37.6 Å². The van der Waals surface area contributed by atoms with Crippen molar-refractivity contribution in [1.82, 2.24) is 4.90 Å². The Balaban J connectivity index is 2.93. The van der Waals surface area contributed by atoms with Crippen LogP contribution in [-0.4, -0.2) is 28.1 Å². The van der Waals surface area contributed by atoms with Crippen LogP contribution in [0.2, 0.25) is 0 Å². The molecule has 1 N–H and O–H groups in total. The van der Waals surface area contributed by atoms with Crippen LogP contribution in [0.15, 0.2) is 24.3 Å². The minimum atomic E-state index is -0.783. The first-order chi connectivity index (χ1) is 9.25. The molecule has 0 radical (unpaired) electrons. The van der Waals surface area contributed by atoms with Crippen LogP contribution in [0.3, 0.4) is 0 Å². The first-order valence-corrected chi connectivity index (χ1v) is 7.33. The molecule has 0 heterocycles. The molecule has 3 nitrogen and oxygen atoms in total. The fourth-order valence-electron chi connectivity index (χ4n) is 2.53. The van der Waals surface area contributed by atoms with E-state index in [1.54, 1.807) is 0 Å². The zero-order valence-electron chi connectivity index (χ0n) is 13.3. The van der Waals surface area contributed by atoms with E-state index < -0.39 is 5.97 Å². The van der Waals surface area contributed by atoms with E-state index in [1.165, 1.54) is 11.1 Å². The molecule has 1 unspecified atom stereocenters. The Bertz CT molecular complexity index is 431. The van der Waals surface area contributed by atoms with Gasteiger partial charge in [0.25, 0.3) is 0 Å². The molecule has 1 rings (SSSR count). The van der Waals surface area contributed by atoms with E-state index in [0.717, 1.165) is 12.8 Å². The second-order valence-electron chi connectivity index (χ2n) is 6.36. The van der Waals surface area contributed by atoms with Crippen LogP contribution in [0.4, 0.5) is 0 Å². The van der Waals surface area contributed by atoms with E-state index >= 15 is 0 Å². The maximum atomic E-state index is 11.1. The Hall–Kier alpha value is -1.35. The second-order valence-corrected chi connectivity index (χ2v) is 6.36. The van der Waals surface area contributed by atoms with E-state index in [4.69, 9.17) is 5.11 Å². The van der Waals surface area contributed by atoms with Gasteiger partial charge in [0.2, 0.25) is 0 Å². The van der Waals surface area contributed by atoms with Crippen LogP contribution in [-0.2, 0) is 11.2 Å². The van der Waals surface area contributed by atoms with Gasteiger partial charge in [0, 0.05) is 11.6 Å². The number of carboxylic acids is 1. The lowest BCUT2D eigenvalue weighted by Crippen LogP contribution is -2.45. The predicted molar refractivity (Wildman–Crippen MR) is 82.9 cm³/mol. The average Bonchev–Trinajstić information content (AvgIpc) is 2.35. The zero-order chi connectivity index (χ0) is 15.3. The number of aryl methyl sites for hydroxylation is 1. The quantitative estimate of drug-likeness (QED) is 0.857. The van der Waals surface area contributed by atoms with Crippen LogP contribution < -0.4 is 0 Å². The SMILES string of the molecule is CCCc1ccc(C(C)N(CC(=O)O)C(C)(C)C)cc1. The molecule has 0 saturated carbocycles. The van der Waals surface area contributed by atoms with Gasteiger partial charge in [-0.15, -0.1) is 0 Å². The van der Waals surface area contributed by atoms with E-state index in [1.807, 2.05) is 4.90 Å². The van der Waals surface area contributed by atoms with Crippen LogP contribution in [0.5, 0.6) is 0 Å². The lowest BCUT2D eigenvalue weighted by molar-refractivity contribution is -0.140. The van der Waals surface area contributed by atoms with Crippen molar-refractivity contribution in [2.45, 2.75) is 59.0 Å². The second kappa shape index (κ2) is 6.89. The van der Waals surface area contributed by atoms with Crippen LogP contribution >= 0.6 is 0 Å². The predicted octanol–water partition coefficient (Wildman–Crippen LogP) is 3.89. The lowest BCUT2D eigenvalue weighted by atomic mass is 9.97. The van der Waals surface area contributed by atoms with Gasteiger partial charge in [-0.2, -0.15) is 0 Å². The van der Waals surface area contributed by atoms with Crippen molar-refractivity contribution in [3.05, 3.63) is 35.4 Å². The van der Waals surface area contributed by atoms with Gasteiger partial charge in [-0.3, -0.25) is 9.69 Å². The third-order valence-corrected chi connectivity index (χ3v) is 3.64. The maximum absolute atomic E-state index is 11.1. The summed E-state index contributed by atoms with van der Waals surface area (Å²) in [6.45, 7) is 10.5. The third-order valence-electron chi connectivity index (χ3n) is 3.64. The average molecular weight is 277 g/mol. The first-order valence-electron chi connectivity index (χ1n) is 7.33. The number of hydrogen-bond donors (Lipinski definition) is 1. The number of nitrogens with zero attached hydrogens (tertiary/aromatic N) is 1. The summed E-state index contributed by atoms with van der Waals surface area (Å²) < 4.78 is 0. The molecule has 0 amide bonds. The largest absolute Gasteiger partial charge is 0.480 e. The fourth-order valence-corrected chi connectivity index (χ4v) is 2.53. The first kappa shape index (κ1) is 16.7. The number of benzene rings is 1. The van der Waals surface area contributed by atoms with Crippen LogP contribution in [0.25, 0.3) is 0 Å². The molecule has 0 bridgehead atoms. The summed E-state index contributed by atoms with van der Waals surface area (Å²) in [4.78, 5) is 13.1. The number of carboxylic acid groups (broad SMARTS) is 1. The molecule has 112 valence electrons. The molecular weight excluding hydrogens is 250 g/mol. The topological polar surface area (TPSA) is 40.5 Å². The highest BCUT2D eigenvalue weighted by molar-refractivity contribution is 5.69. The van der Waals surface area contributed by atoms with Crippen molar-refractivity contribution >= 4 is 5.97 Å². The summed E-state index contributed by atoms with van der Waals surface area (Å²) >= 11 is 0. The maximum Gasteiger partial charge on any atom is 0.317 e. The Labute approximate surface area is 122 Å². The summed E-state index contributed by atoms with van der Waals surface area (Å²) in [5.41, 5.74) is 2.32. The number of aliphatic carboxylic acids is 1. The van der Waals surface area contributed by atoms with Gasteiger partial charge in [-0.05, 0) is 45.2 Å². The molecular formula is C17H27NO2. The number of rotatable bonds is 6. The fraction of sp³-hybridized carbons (Fsp3) is 0.588. The molecule has 0 aliphatic rings. The number of carbonyl (C=O) groups is 1. The Kier molecular flexibility index (Phi) is 5.75. The van der Waals surface area contributed by atoms with Crippen molar-refractivity contribution in [3.8, 4) is 0 Å². The van der Waals surface area contributed by atoms with Gasteiger partial charge in [0.15, 0.2) is 0 Å². The summed E-state index contributed by atoms with van der Waals surface area (Å²) in [7, 11) is 0. The zero-order valence-corrected chi connectivity index (χ0v) is 13.3. The molecule has 0 aliphatic heterocycles. The third kappa shape index (κ3) is 4.64. The summed E-state index contributed by atoms with van der Waals surface area (Å²) in [5.74, 6) is -0.783. The van der Waals surface area contributed by atoms with Crippen molar-refractivity contribution in [2.24, 2.45) is 0 Å². The van der Waals surface area contributed by atoms with Gasteiger partial charge in [0.1, 0.15) is 0 Å². The summed E-state index contributed by atoms with van der Waals surface area (Å²) in [6, 6.07) is 8.63. The molecule has 1 atom stereocenters. The van der Waals surface area contributed by atoms with Gasteiger partial charge in [0.05, 0.1) is 6.54 Å². The van der Waals surface area contributed by atoms with Crippen molar-refractivity contribution in [1.29, 1.82) is 0 Å². The van der Waals surface area contributed by atoms with Crippen molar-refractivity contribution in [3.63, 3.8) is 0 Å². The Morgan fingerprint density at radius 3 is 2.20 bits per heavy atom. The van der Waals surface area contributed by atoms with E-state index in [9.17, 15) is 4.79 Å². The van der Waals surface area contributed by atoms with Gasteiger partial charge >= 0.3 is 5.97 Å². The Morgan fingerprint density at radius 2 is 1.80 bits per heavy atom. The Morgan fingerprint density at radius 1 is 1.25 bits per heavy atom. The van der Waals surface area contributed by atoms with Crippen molar-refractivity contribution < 1.29 is 9.90 Å². The van der Waals surface area contributed by atoms with Crippen LogP contribution in [0, 0.1) is 0 Å². The summed E-state index contributed by atoms with van der Waals surface area (Å²) in [5, 5.41) is 9.12. The molecule has 0 fully saturated rings. The molecule has 3 heteroatoms.